The van der Waals surface area contributed by atoms with Crippen molar-refractivity contribution in [2.24, 2.45) is 23.7 Å². The topological polar surface area (TPSA) is 9.23 Å². The maximum absolute atomic E-state index is 6.63. The Morgan fingerprint density at radius 1 is 0.440 bits per heavy atom. The van der Waals surface area contributed by atoms with Crippen molar-refractivity contribution >= 4 is 0 Å². The molecule has 0 fully saturated rings. The van der Waals surface area contributed by atoms with Crippen LogP contribution in [-0.4, -0.2) is 12.2 Å². The highest BCUT2D eigenvalue weighted by atomic mass is 16.5. The average molecular weight is 355 g/mol. The molecule has 2 atom stereocenters. The molecule has 2 unspecified atom stereocenters. The molecule has 0 aliphatic carbocycles. The summed E-state index contributed by atoms with van der Waals surface area (Å²) in [6.07, 6.45) is 14.3. The van der Waals surface area contributed by atoms with E-state index >= 15 is 0 Å². The third-order valence-electron chi connectivity index (χ3n) is 5.38. The van der Waals surface area contributed by atoms with E-state index in [1.54, 1.807) is 0 Å². The van der Waals surface area contributed by atoms with Gasteiger partial charge in [0.2, 0.25) is 0 Å². The Morgan fingerprint density at radius 2 is 0.760 bits per heavy atom. The molecule has 1 heteroatoms. The minimum absolute atomic E-state index is 0.446. The number of rotatable bonds is 16. The highest BCUT2D eigenvalue weighted by Gasteiger charge is 2.21. The number of hydrogen-bond acceptors (Lipinski definition) is 1. The summed E-state index contributed by atoms with van der Waals surface area (Å²) in [6.45, 7) is 18.6. The Bertz CT molecular complexity index is 252. The van der Waals surface area contributed by atoms with Crippen LogP contribution >= 0.6 is 0 Å². The van der Waals surface area contributed by atoms with Gasteiger partial charge in [-0.25, -0.2) is 0 Å². The van der Waals surface area contributed by atoms with Gasteiger partial charge in [0.25, 0.3) is 0 Å². The minimum Gasteiger partial charge on any atom is -0.374 e. The quantitative estimate of drug-likeness (QED) is 0.253. The Hall–Kier alpha value is -0.0400. The molecule has 0 heterocycles. The summed E-state index contributed by atoms with van der Waals surface area (Å²) >= 11 is 0. The zero-order valence-corrected chi connectivity index (χ0v) is 18.9. The number of hydrogen-bond donors (Lipinski definition) is 0. The highest BCUT2D eigenvalue weighted by Crippen LogP contribution is 2.24. The Kier molecular flexibility index (Phi) is 15.0. The Morgan fingerprint density at radius 3 is 1.04 bits per heavy atom. The van der Waals surface area contributed by atoms with Gasteiger partial charge in [0.15, 0.2) is 0 Å². The maximum Gasteiger partial charge on any atom is 0.0601 e. The molecule has 0 aliphatic heterocycles. The fourth-order valence-electron chi connectivity index (χ4n) is 3.49. The van der Waals surface area contributed by atoms with Crippen molar-refractivity contribution in [3.63, 3.8) is 0 Å². The Balaban J connectivity index is 4.17. The van der Waals surface area contributed by atoms with Crippen LogP contribution in [0.25, 0.3) is 0 Å². The standard InChI is InChI=1S/C24H50O/c1-19(2)15-11-9-13-17-23(21(5)6)25-24(22(7)8)18-14-10-12-16-20(3)4/h19-24H,9-18H2,1-8H3. The molecule has 0 spiro atoms. The molecule has 0 amide bonds. The van der Waals surface area contributed by atoms with Gasteiger partial charge in [0, 0.05) is 0 Å². The SMILES string of the molecule is CC(C)CCCCCC(OC(CCCCCC(C)C)C(C)C)C(C)C. The molecule has 0 aromatic carbocycles. The van der Waals surface area contributed by atoms with Gasteiger partial charge < -0.3 is 4.74 Å². The zero-order chi connectivity index (χ0) is 19.2. The van der Waals surface area contributed by atoms with Crippen molar-refractivity contribution in [2.45, 2.75) is 132 Å². The van der Waals surface area contributed by atoms with Crippen LogP contribution in [0.4, 0.5) is 0 Å². The van der Waals surface area contributed by atoms with Crippen LogP contribution in [0.15, 0.2) is 0 Å². The van der Waals surface area contributed by atoms with Gasteiger partial charge in [-0.05, 0) is 36.5 Å². The highest BCUT2D eigenvalue weighted by molar-refractivity contribution is 4.70. The van der Waals surface area contributed by atoms with Crippen LogP contribution in [0.5, 0.6) is 0 Å². The molecule has 0 N–H and O–H groups in total. The van der Waals surface area contributed by atoms with Gasteiger partial charge >= 0.3 is 0 Å². The monoisotopic (exact) mass is 354 g/mol. The van der Waals surface area contributed by atoms with E-state index < -0.39 is 0 Å². The average Bonchev–Trinajstić information content (AvgIpc) is 2.50. The molecule has 0 saturated heterocycles. The second kappa shape index (κ2) is 15.1. The summed E-state index contributed by atoms with van der Waals surface area (Å²) in [7, 11) is 0. The van der Waals surface area contributed by atoms with Crippen LogP contribution in [0.3, 0.4) is 0 Å². The third-order valence-corrected chi connectivity index (χ3v) is 5.38. The largest absolute Gasteiger partial charge is 0.374 e. The normalized spacial score (nSPS) is 14.9. The van der Waals surface area contributed by atoms with Crippen LogP contribution < -0.4 is 0 Å². The molecule has 0 radical (unpaired) electrons. The predicted molar refractivity (Wildman–Crippen MR) is 114 cm³/mol. The van der Waals surface area contributed by atoms with E-state index in [4.69, 9.17) is 4.74 Å². The summed E-state index contributed by atoms with van der Waals surface area (Å²) < 4.78 is 6.63. The van der Waals surface area contributed by atoms with E-state index in [1.165, 1.54) is 64.2 Å². The summed E-state index contributed by atoms with van der Waals surface area (Å²) in [5.74, 6) is 2.95. The molecule has 0 bridgehead atoms. The lowest BCUT2D eigenvalue weighted by molar-refractivity contribution is -0.0650. The third kappa shape index (κ3) is 14.8. The molecule has 0 aromatic rings. The van der Waals surface area contributed by atoms with Crippen LogP contribution in [0.1, 0.15) is 120 Å². The van der Waals surface area contributed by atoms with Gasteiger partial charge in [-0.1, -0.05) is 107 Å². The summed E-state index contributed by atoms with van der Waals surface area (Å²) in [4.78, 5) is 0. The second-order valence-electron chi connectivity index (χ2n) is 9.76. The lowest BCUT2D eigenvalue weighted by atomic mass is 9.96. The van der Waals surface area contributed by atoms with Crippen LogP contribution in [-0.2, 0) is 4.74 Å². The number of unbranched alkanes of at least 4 members (excludes halogenated alkanes) is 4. The van der Waals surface area contributed by atoms with Crippen molar-refractivity contribution in [1.82, 2.24) is 0 Å². The maximum atomic E-state index is 6.63. The number of ether oxygens (including phenoxy) is 1. The van der Waals surface area contributed by atoms with Gasteiger partial charge in [-0.3, -0.25) is 0 Å². The fourth-order valence-corrected chi connectivity index (χ4v) is 3.49. The first-order valence-electron chi connectivity index (χ1n) is 11.4. The van der Waals surface area contributed by atoms with E-state index in [0.717, 1.165) is 11.8 Å². The van der Waals surface area contributed by atoms with Gasteiger partial charge in [-0.2, -0.15) is 0 Å². The fraction of sp³-hybridized carbons (Fsp3) is 1.00. The van der Waals surface area contributed by atoms with Crippen molar-refractivity contribution in [1.29, 1.82) is 0 Å². The summed E-state index contributed by atoms with van der Waals surface area (Å²) in [6, 6.07) is 0. The lowest BCUT2D eigenvalue weighted by Crippen LogP contribution is -2.30. The molecule has 0 saturated carbocycles. The van der Waals surface area contributed by atoms with Crippen LogP contribution in [0.2, 0.25) is 0 Å². The zero-order valence-electron chi connectivity index (χ0n) is 18.9. The molecule has 1 nitrogen and oxygen atoms in total. The van der Waals surface area contributed by atoms with E-state index in [9.17, 15) is 0 Å². The van der Waals surface area contributed by atoms with Gasteiger partial charge in [0.1, 0.15) is 0 Å². The first-order chi connectivity index (χ1) is 11.7. The smallest absolute Gasteiger partial charge is 0.0601 e. The van der Waals surface area contributed by atoms with E-state index in [-0.39, 0.29) is 0 Å². The predicted octanol–water partition coefficient (Wildman–Crippen LogP) is 8.27. The van der Waals surface area contributed by atoms with E-state index in [2.05, 4.69) is 55.4 Å². The van der Waals surface area contributed by atoms with Crippen molar-refractivity contribution in [3.05, 3.63) is 0 Å². The first kappa shape index (κ1) is 25.0. The van der Waals surface area contributed by atoms with E-state index in [0.29, 0.717) is 24.0 Å². The molecular formula is C24H50O. The summed E-state index contributed by atoms with van der Waals surface area (Å²) in [5.41, 5.74) is 0. The molecule has 25 heavy (non-hydrogen) atoms. The molecule has 0 aliphatic rings. The molecule has 0 aromatic heterocycles. The minimum atomic E-state index is 0.446. The first-order valence-corrected chi connectivity index (χ1v) is 11.4. The summed E-state index contributed by atoms with van der Waals surface area (Å²) in [5, 5.41) is 0. The van der Waals surface area contributed by atoms with E-state index in [1.807, 2.05) is 0 Å². The Labute approximate surface area is 160 Å². The van der Waals surface area contributed by atoms with Crippen molar-refractivity contribution in [2.75, 3.05) is 0 Å². The van der Waals surface area contributed by atoms with Gasteiger partial charge in [-0.15, -0.1) is 0 Å². The van der Waals surface area contributed by atoms with Gasteiger partial charge in [0.05, 0.1) is 12.2 Å². The molecule has 152 valence electrons. The van der Waals surface area contributed by atoms with Crippen molar-refractivity contribution in [3.8, 4) is 0 Å². The molecule has 0 rings (SSSR count). The molecular weight excluding hydrogens is 304 g/mol. The second-order valence-corrected chi connectivity index (χ2v) is 9.76. The van der Waals surface area contributed by atoms with Crippen LogP contribution in [0, 0.1) is 23.7 Å². The van der Waals surface area contributed by atoms with Crippen molar-refractivity contribution < 1.29 is 4.74 Å². The lowest BCUT2D eigenvalue weighted by Gasteiger charge is -2.30.